The highest BCUT2D eigenvalue weighted by Crippen LogP contribution is 2.08. The Bertz CT molecular complexity index is 584. The fourth-order valence-electron chi connectivity index (χ4n) is 1.93. The predicted octanol–water partition coefficient (Wildman–Crippen LogP) is 1.65. The molecule has 21 heavy (non-hydrogen) atoms. The van der Waals surface area contributed by atoms with Crippen LogP contribution in [0.1, 0.15) is 24.7 Å². The lowest BCUT2D eigenvalue weighted by Gasteiger charge is -2.11. The predicted molar refractivity (Wildman–Crippen MR) is 84.6 cm³/mol. The first-order valence-electron chi connectivity index (χ1n) is 7.14. The molecule has 0 saturated heterocycles. The average molecular weight is 286 g/mol. The van der Waals surface area contributed by atoms with E-state index in [1.165, 1.54) is 0 Å². The van der Waals surface area contributed by atoms with Crippen molar-refractivity contribution in [1.82, 2.24) is 25.2 Å². The molecule has 112 valence electrons. The minimum Gasteiger partial charge on any atom is -0.356 e. The Kier molecular flexibility index (Phi) is 5.31. The zero-order valence-electron chi connectivity index (χ0n) is 12.8. The number of guanidine groups is 1. The normalized spacial score (nSPS) is 11.5. The highest BCUT2D eigenvalue weighted by Gasteiger charge is 2.02. The monoisotopic (exact) mass is 286 g/mol. The van der Waals surface area contributed by atoms with Gasteiger partial charge in [-0.05, 0) is 25.0 Å². The zero-order chi connectivity index (χ0) is 15.1. The number of aryl methyl sites for hydroxylation is 1. The van der Waals surface area contributed by atoms with Crippen LogP contribution >= 0.6 is 0 Å². The van der Waals surface area contributed by atoms with Crippen molar-refractivity contribution in [3.05, 3.63) is 42.1 Å². The van der Waals surface area contributed by atoms with E-state index < -0.39 is 0 Å². The van der Waals surface area contributed by atoms with Crippen molar-refractivity contribution in [3.8, 4) is 5.82 Å². The number of hydrogen-bond donors (Lipinski definition) is 2. The molecule has 0 radical (unpaired) electrons. The SMILES string of the molecule is CCCNC(=NC)NCc1ccc(-n2ccnc2C)nc1. The third-order valence-corrected chi connectivity index (χ3v) is 3.11. The van der Waals surface area contributed by atoms with Crippen LogP contribution in [0.3, 0.4) is 0 Å². The van der Waals surface area contributed by atoms with Crippen molar-refractivity contribution >= 4 is 5.96 Å². The van der Waals surface area contributed by atoms with E-state index >= 15 is 0 Å². The lowest BCUT2D eigenvalue weighted by molar-refractivity contribution is 0.779. The van der Waals surface area contributed by atoms with E-state index in [0.717, 1.165) is 36.1 Å². The Labute approximate surface area is 125 Å². The van der Waals surface area contributed by atoms with Crippen molar-refractivity contribution in [2.75, 3.05) is 13.6 Å². The van der Waals surface area contributed by atoms with Gasteiger partial charge in [0.15, 0.2) is 5.96 Å². The summed E-state index contributed by atoms with van der Waals surface area (Å²) in [6, 6.07) is 4.05. The van der Waals surface area contributed by atoms with E-state index in [2.05, 4.69) is 38.6 Å². The third kappa shape index (κ3) is 4.05. The van der Waals surface area contributed by atoms with Gasteiger partial charge in [0.25, 0.3) is 0 Å². The molecule has 0 atom stereocenters. The molecule has 6 nitrogen and oxygen atoms in total. The van der Waals surface area contributed by atoms with Gasteiger partial charge in [0, 0.05) is 38.7 Å². The number of rotatable bonds is 5. The van der Waals surface area contributed by atoms with Crippen LogP contribution in [0.5, 0.6) is 0 Å². The van der Waals surface area contributed by atoms with E-state index in [9.17, 15) is 0 Å². The zero-order valence-corrected chi connectivity index (χ0v) is 12.8. The Balaban J connectivity index is 1.95. The van der Waals surface area contributed by atoms with E-state index in [1.807, 2.05) is 30.0 Å². The molecule has 0 aliphatic heterocycles. The smallest absolute Gasteiger partial charge is 0.191 e. The molecule has 0 fully saturated rings. The molecule has 0 spiro atoms. The van der Waals surface area contributed by atoms with Crippen LogP contribution in [-0.4, -0.2) is 34.1 Å². The molecule has 0 aromatic carbocycles. The molecule has 0 unspecified atom stereocenters. The maximum Gasteiger partial charge on any atom is 0.191 e. The summed E-state index contributed by atoms with van der Waals surface area (Å²) in [6.07, 6.45) is 6.62. The van der Waals surface area contributed by atoms with Crippen molar-refractivity contribution < 1.29 is 0 Å². The first-order chi connectivity index (χ1) is 10.2. The molecule has 2 aromatic heterocycles. The maximum atomic E-state index is 4.47. The standard InChI is InChI=1S/C15H22N6/c1-4-7-18-15(16-3)20-11-13-5-6-14(19-10-13)21-9-8-17-12(21)2/h5-6,8-10H,4,7,11H2,1-3H3,(H2,16,18,20). The maximum absolute atomic E-state index is 4.47. The van der Waals surface area contributed by atoms with Crippen LogP contribution in [-0.2, 0) is 6.54 Å². The first-order valence-corrected chi connectivity index (χ1v) is 7.14. The summed E-state index contributed by atoms with van der Waals surface area (Å²) in [5.41, 5.74) is 1.11. The van der Waals surface area contributed by atoms with Gasteiger partial charge in [0.2, 0.25) is 0 Å². The molecule has 2 heterocycles. The van der Waals surface area contributed by atoms with Crippen LogP contribution in [0.25, 0.3) is 5.82 Å². The van der Waals surface area contributed by atoms with E-state index in [1.54, 1.807) is 13.2 Å². The van der Waals surface area contributed by atoms with Crippen molar-refractivity contribution in [1.29, 1.82) is 0 Å². The molecule has 0 aliphatic carbocycles. The number of aliphatic imine (C=N–C) groups is 1. The van der Waals surface area contributed by atoms with Gasteiger partial charge in [-0.25, -0.2) is 9.97 Å². The molecule has 2 rings (SSSR count). The molecule has 6 heteroatoms. The summed E-state index contributed by atoms with van der Waals surface area (Å²) in [6.45, 7) is 5.69. The first kappa shape index (κ1) is 15.0. The number of hydrogen-bond acceptors (Lipinski definition) is 3. The van der Waals surface area contributed by atoms with Gasteiger partial charge in [0.05, 0.1) is 0 Å². The van der Waals surface area contributed by atoms with Gasteiger partial charge in [-0.3, -0.25) is 9.56 Å². The third-order valence-electron chi connectivity index (χ3n) is 3.11. The second-order valence-corrected chi connectivity index (χ2v) is 4.72. The van der Waals surface area contributed by atoms with Crippen molar-refractivity contribution in [3.63, 3.8) is 0 Å². The summed E-state index contributed by atoms with van der Waals surface area (Å²) in [7, 11) is 1.77. The van der Waals surface area contributed by atoms with Gasteiger partial charge in [0.1, 0.15) is 11.6 Å². The van der Waals surface area contributed by atoms with Crippen molar-refractivity contribution in [2.45, 2.75) is 26.8 Å². The van der Waals surface area contributed by atoms with Gasteiger partial charge < -0.3 is 10.6 Å². The van der Waals surface area contributed by atoms with E-state index in [-0.39, 0.29) is 0 Å². The van der Waals surface area contributed by atoms with Gasteiger partial charge in [-0.1, -0.05) is 13.0 Å². The molecular formula is C15H22N6. The Hall–Kier alpha value is -2.37. The molecule has 0 bridgehead atoms. The topological polar surface area (TPSA) is 67.1 Å². The molecule has 0 saturated carbocycles. The minimum absolute atomic E-state index is 0.694. The second kappa shape index (κ2) is 7.42. The molecule has 2 N–H and O–H groups in total. The van der Waals surface area contributed by atoms with Crippen molar-refractivity contribution in [2.24, 2.45) is 4.99 Å². The summed E-state index contributed by atoms with van der Waals surface area (Å²) in [5, 5.41) is 6.50. The Morgan fingerprint density at radius 1 is 1.29 bits per heavy atom. The van der Waals surface area contributed by atoms with Crippen LogP contribution in [0.2, 0.25) is 0 Å². The largest absolute Gasteiger partial charge is 0.356 e. The fraction of sp³-hybridized carbons (Fsp3) is 0.400. The number of aromatic nitrogens is 3. The van der Waals surface area contributed by atoms with Crippen LogP contribution in [0, 0.1) is 6.92 Å². The average Bonchev–Trinajstić information content (AvgIpc) is 2.94. The van der Waals surface area contributed by atoms with Gasteiger partial charge in [-0.15, -0.1) is 0 Å². The van der Waals surface area contributed by atoms with Crippen LogP contribution in [0.15, 0.2) is 35.7 Å². The fourth-order valence-corrected chi connectivity index (χ4v) is 1.93. The highest BCUT2D eigenvalue weighted by atomic mass is 15.2. The quantitative estimate of drug-likeness (QED) is 0.648. The number of pyridine rings is 1. The minimum atomic E-state index is 0.694. The summed E-state index contributed by atoms with van der Waals surface area (Å²) < 4.78 is 1.96. The number of nitrogens with one attached hydrogen (secondary N) is 2. The van der Waals surface area contributed by atoms with Gasteiger partial charge >= 0.3 is 0 Å². The Morgan fingerprint density at radius 2 is 2.14 bits per heavy atom. The van der Waals surface area contributed by atoms with Gasteiger partial charge in [-0.2, -0.15) is 0 Å². The lowest BCUT2D eigenvalue weighted by atomic mass is 10.3. The molecular weight excluding hydrogens is 264 g/mol. The number of nitrogens with zero attached hydrogens (tertiary/aromatic N) is 4. The summed E-state index contributed by atoms with van der Waals surface area (Å²) in [4.78, 5) is 12.8. The molecule has 0 aliphatic rings. The molecule has 0 amide bonds. The van der Waals surface area contributed by atoms with Crippen LogP contribution < -0.4 is 10.6 Å². The summed E-state index contributed by atoms with van der Waals surface area (Å²) >= 11 is 0. The molecule has 2 aromatic rings. The van der Waals surface area contributed by atoms with E-state index in [4.69, 9.17) is 0 Å². The Morgan fingerprint density at radius 3 is 2.71 bits per heavy atom. The lowest BCUT2D eigenvalue weighted by Crippen LogP contribution is -2.37. The second-order valence-electron chi connectivity index (χ2n) is 4.72. The number of imidazole rings is 1. The van der Waals surface area contributed by atoms with E-state index in [0.29, 0.717) is 6.54 Å². The van der Waals surface area contributed by atoms with Crippen LogP contribution in [0.4, 0.5) is 0 Å². The highest BCUT2D eigenvalue weighted by molar-refractivity contribution is 5.79. The summed E-state index contributed by atoms with van der Waals surface area (Å²) in [5.74, 6) is 2.62.